The Morgan fingerprint density at radius 1 is 0.512 bits per heavy atom. The number of hydrogen-bond donors (Lipinski definition) is 0. The number of benzene rings is 5. The third kappa shape index (κ3) is 9.14. The van der Waals surface area contributed by atoms with Gasteiger partial charge in [-0.25, -0.2) is 0 Å². The summed E-state index contributed by atoms with van der Waals surface area (Å²) in [7, 11) is 1.73. The van der Waals surface area contributed by atoms with E-state index in [2.05, 4.69) is 148 Å². The molecule has 0 amide bonds. The van der Waals surface area contributed by atoms with Crippen LogP contribution in [0.2, 0.25) is 0 Å². The summed E-state index contributed by atoms with van der Waals surface area (Å²) in [5.74, 6) is 0. The smallest absolute Gasteiger partial charge is 0.346 e. The van der Waals surface area contributed by atoms with Crippen LogP contribution in [0.5, 0.6) is 0 Å². The van der Waals surface area contributed by atoms with Crippen LogP contribution in [0.1, 0.15) is 23.6 Å². The fourth-order valence-electron chi connectivity index (χ4n) is 5.06. The van der Waals surface area contributed by atoms with E-state index in [0.717, 1.165) is 0 Å². The van der Waals surface area contributed by atoms with Gasteiger partial charge in [-0.2, -0.15) is 42.4 Å². The topological polar surface area (TPSA) is 0 Å². The van der Waals surface area contributed by atoms with Gasteiger partial charge in [0.15, 0.2) is 0 Å². The first-order chi connectivity index (χ1) is 20.6. The molecule has 7 rings (SSSR count). The third-order valence-corrected chi connectivity index (χ3v) is 7.35. The van der Waals surface area contributed by atoms with Gasteiger partial charge in [0.25, 0.3) is 0 Å². The molecule has 7 aromatic carbocycles. The zero-order chi connectivity index (χ0) is 29.7. The molecule has 0 spiro atoms. The third-order valence-electron chi connectivity index (χ3n) is 6.94. The first kappa shape index (κ1) is 33.8. The van der Waals surface area contributed by atoms with Crippen LogP contribution in [0.3, 0.4) is 0 Å². The molecule has 0 N–H and O–H groups in total. The second-order valence-electron chi connectivity index (χ2n) is 9.96. The van der Waals surface area contributed by atoms with Crippen molar-refractivity contribution in [2.45, 2.75) is 20.8 Å². The molecule has 210 valence electrons. The Kier molecular flexibility index (Phi) is 13.7. The van der Waals surface area contributed by atoms with E-state index in [1.165, 1.54) is 60.5 Å². The molecule has 0 heterocycles. The molecular formula is C41H38SiZr. The van der Waals surface area contributed by atoms with Crippen molar-refractivity contribution in [3.05, 3.63) is 175 Å². The van der Waals surface area contributed by atoms with Crippen LogP contribution in [0.25, 0.3) is 43.8 Å². The Morgan fingerprint density at radius 2 is 0.884 bits per heavy atom. The summed E-state index contributed by atoms with van der Waals surface area (Å²) < 4.78 is 0. The minimum atomic E-state index is 0. The van der Waals surface area contributed by atoms with Crippen molar-refractivity contribution in [2.75, 3.05) is 0 Å². The molecule has 0 nitrogen and oxygen atoms in total. The van der Waals surface area contributed by atoms with Crippen molar-refractivity contribution < 1.29 is 26.2 Å². The van der Waals surface area contributed by atoms with E-state index in [0.29, 0.717) is 0 Å². The van der Waals surface area contributed by atoms with Crippen LogP contribution < -0.4 is 0 Å². The predicted molar refractivity (Wildman–Crippen MR) is 190 cm³/mol. The van der Waals surface area contributed by atoms with Crippen LogP contribution >= 0.6 is 0 Å². The molecule has 2 heteroatoms. The first-order valence-corrected chi connectivity index (χ1v) is 15.0. The Morgan fingerprint density at radius 3 is 1.23 bits per heavy atom. The fraction of sp³-hybridized carbons (Fsp3) is 0.0732. The maximum Gasteiger partial charge on any atom is 4.00 e. The van der Waals surface area contributed by atoms with Crippen LogP contribution in [-0.2, 0) is 26.2 Å². The minimum absolute atomic E-state index is 0. The molecule has 7 aromatic rings. The summed E-state index contributed by atoms with van der Waals surface area (Å²) in [4.78, 5) is 0. The molecule has 0 unspecified atom stereocenters. The fourth-order valence-corrected chi connectivity index (χ4v) is 5.30. The van der Waals surface area contributed by atoms with Gasteiger partial charge in [0.1, 0.15) is 0 Å². The Bertz CT molecular complexity index is 1690. The molecule has 0 radical (unpaired) electrons. The van der Waals surface area contributed by atoms with Gasteiger partial charge >= 0.3 is 26.2 Å². The molecular weight excluding hydrogens is 612 g/mol. The SMILES string of the molecule is Cc1cc2c(-c3ccccc3)cccc2[cH-]1.Cc1cc2c(-c3ccccc3)cccc2[cH-]1.[CH2-]C.[SiH2]=[C-]c1ccccc1.[Zr+4]. The van der Waals surface area contributed by atoms with Gasteiger partial charge in [0.2, 0.25) is 0 Å². The Hall–Kier alpha value is -3.71. The van der Waals surface area contributed by atoms with E-state index in [9.17, 15) is 0 Å². The van der Waals surface area contributed by atoms with E-state index in [1.54, 1.807) is 16.8 Å². The molecule has 0 fully saturated rings. The Labute approximate surface area is 280 Å². The van der Waals surface area contributed by atoms with Crippen molar-refractivity contribution in [3.8, 4) is 22.3 Å². The van der Waals surface area contributed by atoms with E-state index < -0.39 is 0 Å². The van der Waals surface area contributed by atoms with Gasteiger partial charge in [0.05, 0.1) is 0 Å². The number of fused-ring (bicyclic) bond motifs is 2. The number of hydrogen-bond acceptors (Lipinski definition) is 0. The molecule has 0 aromatic heterocycles. The van der Waals surface area contributed by atoms with Crippen molar-refractivity contribution in [2.24, 2.45) is 0 Å². The molecule has 43 heavy (non-hydrogen) atoms. The standard InChI is InChI=1S/2C16H13.C7H7Si.C2H5.Zr/c2*1-12-10-14-8-5-9-15(16(14)11-12)13-6-3-2-4-7-13;8-6-7-4-2-1-3-5-7;1-2;/h2*2-11H,1H3;1-5H,8H2;1H2,2H3;/q4*-1;+4. The molecule has 0 saturated heterocycles. The zero-order valence-corrected chi connectivity index (χ0v) is 29.2. The maximum atomic E-state index is 3.25. The molecule has 0 aliphatic carbocycles. The number of rotatable bonds is 3. The van der Waals surface area contributed by atoms with Crippen molar-refractivity contribution in [1.82, 2.24) is 0 Å². The molecule has 0 aliphatic heterocycles. The summed E-state index contributed by atoms with van der Waals surface area (Å²) >= 11 is 0. The molecule has 0 aliphatic rings. The van der Waals surface area contributed by atoms with Gasteiger partial charge in [-0.3, -0.25) is 0 Å². The van der Waals surface area contributed by atoms with Crippen LogP contribution in [0.15, 0.2) is 152 Å². The van der Waals surface area contributed by atoms with Gasteiger partial charge in [0, 0.05) is 0 Å². The van der Waals surface area contributed by atoms with E-state index in [4.69, 9.17) is 0 Å². The predicted octanol–water partition coefficient (Wildman–Crippen LogP) is 10.3. The first-order valence-electron chi connectivity index (χ1n) is 14.3. The van der Waals surface area contributed by atoms with E-state index >= 15 is 0 Å². The quantitative estimate of drug-likeness (QED) is 0.132. The largest absolute Gasteiger partial charge is 4.00 e. The minimum Gasteiger partial charge on any atom is -0.346 e. The molecule has 0 saturated carbocycles. The summed E-state index contributed by atoms with van der Waals surface area (Å²) in [6, 6.07) is 53.2. The zero-order valence-electron chi connectivity index (χ0n) is 25.3. The summed E-state index contributed by atoms with van der Waals surface area (Å²) in [6.07, 6.45) is 0. The normalized spacial score (nSPS) is 9.77. The van der Waals surface area contributed by atoms with Crippen LogP contribution in [-0.4, -0.2) is 15.5 Å². The van der Waals surface area contributed by atoms with Crippen LogP contribution in [0, 0.1) is 20.8 Å². The van der Waals surface area contributed by atoms with Gasteiger partial charge in [-0.15, -0.1) is 81.2 Å². The van der Waals surface area contributed by atoms with Gasteiger partial charge in [-0.05, 0) is 11.1 Å². The van der Waals surface area contributed by atoms with E-state index in [1.807, 2.05) is 30.3 Å². The van der Waals surface area contributed by atoms with Crippen molar-refractivity contribution in [1.29, 1.82) is 0 Å². The number of aryl methyl sites for hydroxylation is 2. The summed E-state index contributed by atoms with van der Waals surface area (Å²) in [5.41, 5.74) is 12.1. The molecule has 0 atom stereocenters. The second kappa shape index (κ2) is 17.4. The summed E-state index contributed by atoms with van der Waals surface area (Å²) in [6.45, 7) is 9.30. The average molecular weight is 650 g/mol. The van der Waals surface area contributed by atoms with Gasteiger partial charge < -0.3 is 6.92 Å². The monoisotopic (exact) mass is 648 g/mol. The average Bonchev–Trinajstić information content (AvgIpc) is 3.64. The van der Waals surface area contributed by atoms with Crippen LogP contribution in [0.4, 0.5) is 0 Å². The maximum absolute atomic E-state index is 3.25. The summed E-state index contributed by atoms with van der Waals surface area (Å²) in [5, 5.41) is 5.37. The van der Waals surface area contributed by atoms with E-state index in [-0.39, 0.29) is 26.2 Å². The Balaban J connectivity index is 0.000000178. The second-order valence-corrected chi connectivity index (χ2v) is 10.3. The van der Waals surface area contributed by atoms with Gasteiger partial charge in [-0.1, -0.05) is 114 Å². The molecule has 0 bridgehead atoms. The van der Waals surface area contributed by atoms with Crippen molar-refractivity contribution in [3.63, 3.8) is 0 Å². The van der Waals surface area contributed by atoms with Crippen molar-refractivity contribution >= 4 is 37.1 Å².